The maximum Gasteiger partial charge on any atom is 0.451 e. The molecule has 0 radical (unpaired) electrons. The van der Waals surface area contributed by atoms with E-state index in [1.54, 1.807) is 25.3 Å². The van der Waals surface area contributed by atoms with Gasteiger partial charge in [0.1, 0.15) is 11.6 Å². The maximum absolute atomic E-state index is 13.5. The summed E-state index contributed by atoms with van der Waals surface area (Å²) < 4.78 is 44.7. The Hall–Kier alpha value is -4.19. The van der Waals surface area contributed by atoms with Crippen LogP contribution in [0, 0.1) is 6.92 Å². The lowest BCUT2D eigenvalue weighted by Crippen LogP contribution is -2.35. The van der Waals surface area contributed by atoms with Gasteiger partial charge in [-0.3, -0.25) is 4.79 Å². The van der Waals surface area contributed by atoms with E-state index in [9.17, 15) is 18.0 Å². The second-order valence-electron chi connectivity index (χ2n) is 9.52. The number of rotatable bonds is 6. The Morgan fingerprint density at radius 3 is 2.65 bits per heavy atom. The number of nitrogens with one attached hydrogen (secondary N) is 1. The molecule has 1 aromatic carbocycles. The fraction of sp³-hybridized carbons (Fsp3) is 0.286. The molecule has 12 heteroatoms. The minimum Gasteiger partial charge on any atom is -0.489 e. The summed E-state index contributed by atoms with van der Waals surface area (Å²) in [6, 6.07) is 2.90. The van der Waals surface area contributed by atoms with Crippen molar-refractivity contribution in [1.29, 1.82) is 0 Å². The fourth-order valence-corrected chi connectivity index (χ4v) is 5.19. The van der Waals surface area contributed by atoms with E-state index in [1.165, 1.54) is 11.3 Å². The highest BCUT2D eigenvalue weighted by atomic mass is 32.1. The predicted molar refractivity (Wildman–Crippen MR) is 147 cm³/mol. The van der Waals surface area contributed by atoms with E-state index >= 15 is 0 Å². The molecule has 0 bridgehead atoms. The summed E-state index contributed by atoms with van der Waals surface area (Å²) in [4.78, 5) is 30.0. The van der Waals surface area contributed by atoms with Gasteiger partial charge in [0.05, 0.1) is 23.8 Å². The van der Waals surface area contributed by atoms with Gasteiger partial charge in [-0.15, -0.1) is 11.3 Å². The lowest BCUT2D eigenvalue weighted by molar-refractivity contribution is -0.145. The highest BCUT2D eigenvalue weighted by Gasteiger charge is 2.34. The number of alkyl halides is 3. The van der Waals surface area contributed by atoms with Crippen LogP contribution in [0.1, 0.15) is 39.6 Å². The van der Waals surface area contributed by atoms with Gasteiger partial charge >= 0.3 is 6.18 Å². The molecule has 2 aliphatic rings. The average molecular weight is 569 g/mol. The van der Waals surface area contributed by atoms with Gasteiger partial charge in [0.2, 0.25) is 5.82 Å². The van der Waals surface area contributed by atoms with Crippen LogP contribution < -0.4 is 15.0 Å². The molecule has 0 spiro atoms. The van der Waals surface area contributed by atoms with Crippen molar-refractivity contribution in [3.63, 3.8) is 0 Å². The number of aromatic nitrogens is 3. The molecular formula is C28H27F3N6O2S. The molecule has 0 aliphatic carbocycles. The van der Waals surface area contributed by atoms with Gasteiger partial charge in [0.25, 0.3) is 5.91 Å². The lowest BCUT2D eigenvalue weighted by atomic mass is 10.0. The average Bonchev–Trinajstić information content (AvgIpc) is 3.25. The van der Waals surface area contributed by atoms with Gasteiger partial charge in [-0.2, -0.15) is 13.2 Å². The molecule has 208 valence electrons. The van der Waals surface area contributed by atoms with Gasteiger partial charge in [-0.05, 0) is 37.6 Å². The Balaban J connectivity index is 1.47. The fourth-order valence-electron chi connectivity index (χ4n) is 4.41. The summed E-state index contributed by atoms with van der Waals surface area (Å²) in [6.07, 6.45) is 9.29. The van der Waals surface area contributed by atoms with Crippen molar-refractivity contribution < 1.29 is 22.7 Å². The number of benzene rings is 1. The molecule has 0 unspecified atom stereocenters. The molecular weight excluding hydrogens is 541 g/mol. The molecule has 8 nitrogen and oxygen atoms in total. The second-order valence-corrected chi connectivity index (χ2v) is 10.8. The molecule has 1 amide bonds. The monoisotopic (exact) mass is 568 g/mol. The second kappa shape index (κ2) is 11.1. The van der Waals surface area contributed by atoms with E-state index in [0.717, 1.165) is 33.5 Å². The third-order valence-corrected chi connectivity index (χ3v) is 7.34. The third-order valence-electron chi connectivity index (χ3n) is 6.39. The molecule has 0 saturated heterocycles. The van der Waals surface area contributed by atoms with Crippen molar-refractivity contribution in [1.82, 2.24) is 25.2 Å². The van der Waals surface area contributed by atoms with Crippen LogP contribution in [-0.2, 0) is 6.18 Å². The number of halogens is 3. The minimum absolute atomic E-state index is 0.352. The molecule has 1 atom stereocenters. The quantitative estimate of drug-likeness (QED) is 0.420. The summed E-state index contributed by atoms with van der Waals surface area (Å²) in [5.74, 6) is -0.965. The van der Waals surface area contributed by atoms with Gasteiger partial charge < -0.3 is 19.9 Å². The van der Waals surface area contributed by atoms with Crippen LogP contribution in [0.4, 0.5) is 18.9 Å². The van der Waals surface area contributed by atoms with E-state index in [1.807, 2.05) is 49.5 Å². The first kappa shape index (κ1) is 27.4. The largest absolute Gasteiger partial charge is 0.489 e. The molecule has 0 fully saturated rings. The van der Waals surface area contributed by atoms with Crippen molar-refractivity contribution in [2.45, 2.75) is 26.1 Å². The number of anilines is 1. The topological polar surface area (TPSA) is 83.5 Å². The maximum atomic E-state index is 13.5. The number of hydrogen-bond acceptors (Lipinski definition) is 8. The van der Waals surface area contributed by atoms with Crippen LogP contribution in [-0.4, -0.2) is 52.5 Å². The number of carbonyl (C=O) groups is 1. The smallest absolute Gasteiger partial charge is 0.451 e. The number of ether oxygens (including phenoxy) is 1. The molecule has 2 aliphatic heterocycles. The number of aryl methyl sites for hydroxylation is 1. The summed E-state index contributed by atoms with van der Waals surface area (Å²) in [5, 5.41) is 3.59. The Morgan fingerprint density at radius 2 is 1.95 bits per heavy atom. The third kappa shape index (κ3) is 6.01. The van der Waals surface area contributed by atoms with Gasteiger partial charge in [-0.1, -0.05) is 12.2 Å². The number of carbonyl (C=O) groups excluding carboxylic acids is 1. The Bertz CT molecular complexity index is 1500. The van der Waals surface area contributed by atoms with Crippen molar-refractivity contribution >= 4 is 22.9 Å². The van der Waals surface area contributed by atoms with E-state index in [2.05, 4.69) is 25.2 Å². The van der Waals surface area contributed by atoms with E-state index in [4.69, 9.17) is 4.74 Å². The number of thiazole rings is 1. The summed E-state index contributed by atoms with van der Waals surface area (Å²) in [5.41, 5.74) is 3.28. The van der Waals surface area contributed by atoms with Crippen LogP contribution in [0.2, 0.25) is 0 Å². The SMILES string of the molecule is Cc1cnc(-c2cc(C(=O)N[C@H](C)c3cnc(C(F)(F)F)nc3)cc3c2OCCN3CC2=CN(C)C=CC=C2)s1. The standard InChI is InChI=1S/C28H27F3N6O2S/c1-17-12-32-26(40-17)22-10-20(25(38)35-18(2)21-13-33-27(34-14-21)28(29,30)31)11-23-24(22)39-9-8-37(23)16-19-6-4-5-7-36(3)15-19/h4-7,10-15,18H,8-9,16H2,1-3H3,(H,35,38)/t18-/m1/s1. The lowest BCUT2D eigenvalue weighted by Gasteiger charge is -2.33. The van der Waals surface area contributed by atoms with Crippen molar-refractivity contribution in [2.24, 2.45) is 0 Å². The highest BCUT2D eigenvalue weighted by molar-refractivity contribution is 7.15. The van der Waals surface area contributed by atoms with Crippen LogP contribution >= 0.6 is 11.3 Å². The van der Waals surface area contributed by atoms with Gasteiger partial charge in [-0.25, -0.2) is 15.0 Å². The van der Waals surface area contributed by atoms with Crippen LogP contribution in [0.5, 0.6) is 5.75 Å². The van der Waals surface area contributed by atoms with Crippen LogP contribution in [0.3, 0.4) is 0 Å². The zero-order valence-electron chi connectivity index (χ0n) is 22.1. The van der Waals surface area contributed by atoms with E-state index in [-0.39, 0.29) is 0 Å². The molecule has 4 heterocycles. The van der Waals surface area contributed by atoms with Gasteiger partial charge in [0.15, 0.2) is 5.75 Å². The minimum atomic E-state index is -4.64. The van der Waals surface area contributed by atoms with Crippen LogP contribution in [0.15, 0.2) is 66.9 Å². The van der Waals surface area contributed by atoms with Crippen molar-refractivity contribution in [3.8, 4) is 16.3 Å². The molecule has 1 N–H and O–H groups in total. The van der Waals surface area contributed by atoms with Crippen molar-refractivity contribution in [2.75, 3.05) is 31.6 Å². The predicted octanol–water partition coefficient (Wildman–Crippen LogP) is 5.52. The van der Waals surface area contributed by atoms with Crippen LogP contribution in [0.25, 0.3) is 10.6 Å². The Morgan fingerprint density at radius 1 is 1.18 bits per heavy atom. The normalized spacial score (nSPS) is 15.7. The zero-order chi connectivity index (χ0) is 28.4. The number of nitrogens with zero attached hydrogens (tertiary/aromatic N) is 5. The van der Waals surface area contributed by atoms with E-state index in [0.29, 0.717) is 42.1 Å². The Kier molecular flexibility index (Phi) is 7.61. The molecule has 3 aromatic rings. The number of allylic oxidation sites excluding steroid dienone is 2. The van der Waals surface area contributed by atoms with E-state index < -0.39 is 23.9 Å². The first-order chi connectivity index (χ1) is 19.1. The number of amides is 1. The number of fused-ring (bicyclic) bond motifs is 1. The first-order valence-corrected chi connectivity index (χ1v) is 13.4. The molecule has 40 heavy (non-hydrogen) atoms. The van der Waals surface area contributed by atoms with Crippen molar-refractivity contribution in [3.05, 3.63) is 88.8 Å². The molecule has 2 aromatic heterocycles. The molecule has 5 rings (SSSR count). The highest BCUT2D eigenvalue weighted by Crippen LogP contribution is 2.43. The summed E-state index contributed by atoms with van der Waals surface area (Å²) in [7, 11) is 1.96. The summed E-state index contributed by atoms with van der Waals surface area (Å²) >= 11 is 1.50. The Labute approximate surface area is 233 Å². The first-order valence-electron chi connectivity index (χ1n) is 12.5. The number of hydrogen-bond donors (Lipinski definition) is 1. The summed E-state index contributed by atoms with van der Waals surface area (Å²) in [6.45, 7) is 5.32. The van der Waals surface area contributed by atoms with Gasteiger partial charge in [0, 0.05) is 60.6 Å². The molecule has 0 saturated carbocycles. The zero-order valence-corrected chi connectivity index (χ0v) is 22.9.